The first kappa shape index (κ1) is 13.7. The molecule has 0 bridgehead atoms. The van der Waals surface area contributed by atoms with Crippen LogP contribution in [0.4, 0.5) is 0 Å². The number of aryl methyl sites for hydroxylation is 1. The van der Waals surface area contributed by atoms with Gasteiger partial charge in [0.15, 0.2) is 5.82 Å². The standard InChI is InChI=1S/C15H21N3O/c1-11-16-14(19-18-11)13(17-15(2,3)4)10-12-8-6-5-7-9-12/h5-9,13,17H,10H2,1-4H3. The molecule has 0 radical (unpaired) electrons. The van der Waals surface area contributed by atoms with Gasteiger partial charge in [0.05, 0.1) is 6.04 Å². The van der Waals surface area contributed by atoms with Crippen molar-refractivity contribution in [2.24, 2.45) is 0 Å². The van der Waals surface area contributed by atoms with Crippen molar-refractivity contribution in [3.05, 3.63) is 47.6 Å². The van der Waals surface area contributed by atoms with E-state index in [0.717, 1.165) is 6.42 Å². The Morgan fingerprint density at radius 3 is 2.42 bits per heavy atom. The van der Waals surface area contributed by atoms with Gasteiger partial charge in [-0.25, -0.2) is 0 Å². The summed E-state index contributed by atoms with van der Waals surface area (Å²) in [5, 5.41) is 7.42. The van der Waals surface area contributed by atoms with Gasteiger partial charge in [0, 0.05) is 5.54 Å². The molecule has 19 heavy (non-hydrogen) atoms. The molecule has 1 heterocycles. The first-order chi connectivity index (χ1) is 8.94. The van der Waals surface area contributed by atoms with Gasteiger partial charge in [0.1, 0.15) is 0 Å². The van der Waals surface area contributed by atoms with Gasteiger partial charge in [0.2, 0.25) is 5.89 Å². The van der Waals surface area contributed by atoms with E-state index in [9.17, 15) is 0 Å². The molecule has 2 rings (SSSR count). The zero-order valence-electron chi connectivity index (χ0n) is 12.0. The third kappa shape index (κ3) is 4.17. The van der Waals surface area contributed by atoms with Gasteiger partial charge in [-0.2, -0.15) is 4.98 Å². The summed E-state index contributed by atoms with van der Waals surface area (Å²) in [5.74, 6) is 1.32. The molecular weight excluding hydrogens is 238 g/mol. The molecule has 1 aromatic carbocycles. The molecule has 0 saturated carbocycles. The molecule has 1 aromatic heterocycles. The molecular formula is C15H21N3O. The topological polar surface area (TPSA) is 51.0 Å². The molecule has 0 spiro atoms. The lowest BCUT2D eigenvalue weighted by Crippen LogP contribution is -2.39. The van der Waals surface area contributed by atoms with E-state index in [2.05, 4.69) is 48.4 Å². The van der Waals surface area contributed by atoms with Crippen LogP contribution in [0.1, 0.15) is 44.1 Å². The van der Waals surface area contributed by atoms with Crippen molar-refractivity contribution in [2.75, 3.05) is 0 Å². The smallest absolute Gasteiger partial charge is 0.244 e. The van der Waals surface area contributed by atoms with Gasteiger partial charge in [-0.1, -0.05) is 35.5 Å². The summed E-state index contributed by atoms with van der Waals surface area (Å²) < 4.78 is 5.32. The largest absolute Gasteiger partial charge is 0.338 e. The maximum absolute atomic E-state index is 5.32. The Labute approximate surface area is 114 Å². The molecule has 0 fully saturated rings. The van der Waals surface area contributed by atoms with E-state index in [-0.39, 0.29) is 11.6 Å². The minimum atomic E-state index is -0.0121. The predicted octanol–water partition coefficient (Wildman–Crippen LogP) is 3.05. The highest BCUT2D eigenvalue weighted by Gasteiger charge is 2.23. The zero-order valence-corrected chi connectivity index (χ0v) is 12.0. The summed E-state index contributed by atoms with van der Waals surface area (Å²) in [4.78, 5) is 4.35. The van der Waals surface area contributed by atoms with Crippen molar-refractivity contribution in [3.63, 3.8) is 0 Å². The van der Waals surface area contributed by atoms with Gasteiger partial charge in [-0.05, 0) is 39.7 Å². The number of hydrogen-bond acceptors (Lipinski definition) is 4. The number of rotatable bonds is 4. The quantitative estimate of drug-likeness (QED) is 0.917. The van der Waals surface area contributed by atoms with Crippen molar-refractivity contribution in [2.45, 2.75) is 45.7 Å². The molecule has 2 aromatic rings. The summed E-state index contributed by atoms with van der Waals surface area (Å²) in [6.45, 7) is 8.24. The van der Waals surface area contributed by atoms with E-state index in [0.29, 0.717) is 11.7 Å². The van der Waals surface area contributed by atoms with E-state index in [1.807, 2.05) is 25.1 Å². The molecule has 0 amide bonds. The molecule has 0 saturated heterocycles. The second-order valence-electron chi connectivity index (χ2n) is 5.82. The third-order valence-corrected chi connectivity index (χ3v) is 2.73. The highest BCUT2D eigenvalue weighted by Crippen LogP contribution is 2.20. The van der Waals surface area contributed by atoms with Gasteiger partial charge in [0.25, 0.3) is 0 Å². The molecule has 0 aliphatic rings. The Bertz CT molecular complexity index is 514. The first-order valence-corrected chi connectivity index (χ1v) is 6.56. The van der Waals surface area contributed by atoms with E-state index < -0.39 is 0 Å². The Hall–Kier alpha value is -1.68. The van der Waals surface area contributed by atoms with Crippen LogP contribution in [0.2, 0.25) is 0 Å². The minimum Gasteiger partial charge on any atom is -0.338 e. The molecule has 0 aliphatic carbocycles. The lowest BCUT2D eigenvalue weighted by molar-refractivity contribution is 0.283. The summed E-state index contributed by atoms with van der Waals surface area (Å²) in [5.41, 5.74) is 1.24. The lowest BCUT2D eigenvalue weighted by atomic mass is 10.0. The van der Waals surface area contributed by atoms with Gasteiger partial charge in [-0.3, -0.25) is 0 Å². The van der Waals surface area contributed by atoms with Crippen LogP contribution in [0.15, 0.2) is 34.9 Å². The highest BCUT2D eigenvalue weighted by molar-refractivity contribution is 5.17. The number of benzene rings is 1. The lowest BCUT2D eigenvalue weighted by Gasteiger charge is -2.26. The first-order valence-electron chi connectivity index (χ1n) is 6.56. The van der Waals surface area contributed by atoms with Crippen LogP contribution in [0.3, 0.4) is 0 Å². The summed E-state index contributed by atoms with van der Waals surface area (Å²) in [7, 11) is 0. The van der Waals surface area contributed by atoms with E-state index >= 15 is 0 Å². The SMILES string of the molecule is Cc1noc(C(Cc2ccccc2)NC(C)(C)C)n1. The average molecular weight is 259 g/mol. The molecule has 1 unspecified atom stereocenters. The van der Waals surface area contributed by atoms with E-state index in [1.165, 1.54) is 5.56 Å². The summed E-state index contributed by atoms with van der Waals surface area (Å²) in [6.07, 6.45) is 0.833. The van der Waals surface area contributed by atoms with Crippen LogP contribution in [0.25, 0.3) is 0 Å². The fourth-order valence-corrected chi connectivity index (χ4v) is 2.03. The highest BCUT2D eigenvalue weighted by atomic mass is 16.5. The maximum Gasteiger partial charge on any atom is 0.244 e. The number of hydrogen-bond donors (Lipinski definition) is 1. The maximum atomic E-state index is 5.32. The Kier molecular flexibility index (Phi) is 4.00. The summed E-state index contributed by atoms with van der Waals surface area (Å²) in [6, 6.07) is 10.4. The number of aromatic nitrogens is 2. The monoisotopic (exact) mass is 259 g/mol. The summed E-state index contributed by atoms with van der Waals surface area (Å²) >= 11 is 0. The van der Waals surface area contributed by atoms with Crippen molar-refractivity contribution in [3.8, 4) is 0 Å². The zero-order chi connectivity index (χ0) is 13.9. The Morgan fingerprint density at radius 1 is 1.21 bits per heavy atom. The van der Waals surface area contributed by atoms with Crippen molar-refractivity contribution in [1.82, 2.24) is 15.5 Å². The average Bonchev–Trinajstić information content (AvgIpc) is 2.75. The Balaban J connectivity index is 2.19. The van der Waals surface area contributed by atoms with Gasteiger partial charge >= 0.3 is 0 Å². The van der Waals surface area contributed by atoms with Crippen LogP contribution in [0, 0.1) is 6.92 Å². The number of nitrogens with zero attached hydrogens (tertiary/aromatic N) is 2. The molecule has 4 nitrogen and oxygen atoms in total. The second-order valence-corrected chi connectivity index (χ2v) is 5.82. The number of nitrogens with one attached hydrogen (secondary N) is 1. The van der Waals surface area contributed by atoms with Gasteiger partial charge in [-0.15, -0.1) is 0 Å². The predicted molar refractivity (Wildman–Crippen MR) is 74.8 cm³/mol. The van der Waals surface area contributed by atoms with Crippen LogP contribution < -0.4 is 5.32 Å². The minimum absolute atomic E-state index is 0.0121. The van der Waals surface area contributed by atoms with E-state index in [4.69, 9.17) is 4.52 Å². The van der Waals surface area contributed by atoms with Gasteiger partial charge < -0.3 is 9.84 Å². The van der Waals surface area contributed by atoms with Crippen molar-refractivity contribution in [1.29, 1.82) is 0 Å². The van der Waals surface area contributed by atoms with Crippen LogP contribution in [0.5, 0.6) is 0 Å². The fourth-order valence-electron chi connectivity index (χ4n) is 2.03. The third-order valence-electron chi connectivity index (χ3n) is 2.73. The molecule has 102 valence electrons. The van der Waals surface area contributed by atoms with E-state index in [1.54, 1.807) is 0 Å². The molecule has 1 N–H and O–H groups in total. The van der Waals surface area contributed by atoms with Crippen LogP contribution >= 0.6 is 0 Å². The normalized spacial score (nSPS) is 13.5. The fraction of sp³-hybridized carbons (Fsp3) is 0.467. The molecule has 4 heteroatoms. The Morgan fingerprint density at radius 2 is 1.89 bits per heavy atom. The molecule has 0 aliphatic heterocycles. The van der Waals surface area contributed by atoms with Crippen molar-refractivity contribution >= 4 is 0 Å². The van der Waals surface area contributed by atoms with Crippen molar-refractivity contribution < 1.29 is 4.52 Å². The van der Waals surface area contributed by atoms with Crippen LogP contribution in [-0.4, -0.2) is 15.7 Å². The molecule has 1 atom stereocenters. The van der Waals surface area contributed by atoms with Crippen LogP contribution in [-0.2, 0) is 6.42 Å². The second kappa shape index (κ2) is 5.53.